The fraction of sp³-hybridized carbons (Fsp3) is 0.892. The van der Waals surface area contributed by atoms with Crippen molar-refractivity contribution in [2.45, 2.75) is 138 Å². The van der Waals surface area contributed by atoms with E-state index in [1.54, 1.807) is 0 Å². The minimum absolute atomic E-state index is 0.0412. The first kappa shape index (κ1) is 30.0. The zero-order chi connectivity index (χ0) is 29.6. The molecule has 41 heavy (non-hydrogen) atoms. The third kappa shape index (κ3) is 4.11. The van der Waals surface area contributed by atoms with Crippen molar-refractivity contribution in [1.82, 2.24) is 4.90 Å². The van der Waals surface area contributed by atoms with Gasteiger partial charge in [0.25, 0.3) is 0 Å². The molecular formula is C37H59NO3. The highest BCUT2D eigenvalue weighted by atomic mass is 16.3. The molecule has 1 heterocycles. The second-order valence-electron chi connectivity index (χ2n) is 17.2. The van der Waals surface area contributed by atoms with E-state index in [-0.39, 0.29) is 39.5 Å². The van der Waals surface area contributed by atoms with Crippen molar-refractivity contribution in [3.8, 4) is 0 Å². The summed E-state index contributed by atoms with van der Waals surface area (Å²) in [7, 11) is 0. The van der Waals surface area contributed by atoms with Gasteiger partial charge in [-0.3, -0.25) is 9.59 Å². The summed E-state index contributed by atoms with van der Waals surface area (Å²) >= 11 is 0. The Kier molecular flexibility index (Phi) is 7.34. The Bertz CT molecular complexity index is 1120. The van der Waals surface area contributed by atoms with Crippen LogP contribution < -0.4 is 0 Å². The number of carbonyl (C=O) groups excluding carboxylic acids is 2. The fourth-order valence-corrected chi connectivity index (χ4v) is 12.7. The molecule has 230 valence electrons. The lowest BCUT2D eigenvalue weighted by molar-refractivity contribution is -0.228. The summed E-state index contributed by atoms with van der Waals surface area (Å²) in [5.74, 6) is 2.35. The fourth-order valence-electron chi connectivity index (χ4n) is 12.7. The number of aliphatic hydroxyl groups is 1. The first-order valence-electron chi connectivity index (χ1n) is 17.4. The molecule has 0 radical (unpaired) electrons. The molecule has 8 atom stereocenters. The quantitative estimate of drug-likeness (QED) is 0.357. The average molecular weight is 566 g/mol. The molecule has 6 aliphatic rings. The molecule has 1 aliphatic heterocycles. The SMILES string of the molecule is CC(C)C1=C2[C@H]3CC[C@@H]4[C@@]5(C)CC[C@H](O)C(C)(C)[C@@H]5CC[C@@]4(C)[C@]3(C)CC[C@@]2(C(=O)CCCN2CCCC2)CC1=O. The van der Waals surface area contributed by atoms with Gasteiger partial charge in [0.2, 0.25) is 0 Å². The summed E-state index contributed by atoms with van der Waals surface area (Å²) in [4.78, 5) is 30.7. The van der Waals surface area contributed by atoms with Crippen LogP contribution in [0.2, 0.25) is 0 Å². The number of ketones is 2. The highest BCUT2D eigenvalue weighted by molar-refractivity contribution is 6.07. The van der Waals surface area contributed by atoms with Gasteiger partial charge < -0.3 is 10.0 Å². The smallest absolute Gasteiger partial charge is 0.160 e. The highest BCUT2D eigenvalue weighted by Crippen LogP contribution is 2.76. The number of allylic oxidation sites excluding steroid dienone is 2. The van der Waals surface area contributed by atoms with E-state index in [1.807, 2.05) is 0 Å². The minimum Gasteiger partial charge on any atom is -0.393 e. The van der Waals surface area contributed by atoms with Gasteiger partial charge in [0.1, 0.15) is 5.78 Å². The zero-order valence-corrected chi connectivity index (χ0v) is 27.4. The van der Waals surface area contributed by atoms with Gasteiger partial charge >= 0.3 is 0 Å². The van der Waals surface area contributed by atoms with Gasteiger partial charge in [-0.05, 0) is 147 Å². The molecule has 4 nitrogen and oxygen atoms in total. The Morgan fingerprint density at radius 2 is 1.61 bits per heavy atom. The number of hydrogen-bond donors (Lipinski definition) is 1. The Morgan fingerprint density at radius 1 is 0.902 bits per heavy atom. The number of nitrogens with zero attached hydrogens (tertiary/aromatic N) is 1. The Hall–Kier alpha value is -1.00. The van der Waals surface area contributed by atoms with Crippen LogP contribution in [0, 0.1) is 50.7 Å². The van der Waals surface area contributed by atoms with E-state index >= 15 is 0 Å². The zero-order valence-electron chi connectivity index (χ0n) is 27.4. The molecule has 0 aromatic heterocycles. The molecule has 1 saturated heterocycles. The van der Waals surface area contributed by atoms with Crippen molar-refractivity contribution < 1.29 is 14.7 Å². The molecular weight excluding hydrogens is 506 g/mol. The predicted molar refractivity (Wildman–Crippen MR) is 165 cm³/mol. The van der Waals surface area contributed by atoms with Gasteiger partial charge in [-0.15, -0.1) is 0 Å². The van der Waals surface area contributed by atoms with Crippen molar-refractivity contribution in [3.63, 3.8) is 0 Å². The monoisotopic (exact) mass is 565 g/mol. The van der Waals surface area contributed by atoms with E-state index in [0.717, 1.165) is 50.6 Å². The number of fused-ring (bicyclic) bond motifs is 7. The molecule has 5 fully saturated rings. The van der Waals surface area contributed by atoms with Gasteiger partial charge in [-0.25, -0.2) is 0 Å². The van der Waals surface area contributed by atoms with Crippen LogP contribution in [0.25, 0.3) is 0 Å². The third-order valence-electron chi connectivity index (χ3n) is 15.0. The van der Waals surface area contributed by atoms with Gasteiger partial charge in [0, 0.05) is 12.8 Å². The lowest BCUT2D eigenvalue weighted by Crippen LogP contribution is -2.65. The molecule has 0 bridgehead atoms. The Balaban J connectivity index is 1.34. The third-order valence-corrected chi connectivity index (χ3v) is 15.0. The largest absolute Gasteiger partial charge is 0.393 e. The van der Waals surface area contributed by atoms with Crippen LogP contribution >= 0.6 is 0 Å². The summed E-state index contributed by atoms with van der Waals surface area (Å²) < 4.78 is 0. The highest BCUT2D eigenvalue weighted by Gasteiger charge is 2.70. The van der Waals surface area contributed by atoms with E-state index in [1.165, 1.54) is 50.8 Å². The number of hydrogen-bond acceptors (Lipinski definition) is 4. The first-order chi connectivity index (χ1) is 19.2. The van der Waals surface area contributed by atoms with E-state index < -0.39 is 5.41 Å². The normalized spacial score (nSPS) is 45.8. The van der Waals surface area contributed by atoms with Crippen LogP contribution in [0.3, 0.4) is 0 Å². The molecule has 0 unspecified atom stereocenters. The summed E-state index contributed by atoms with van der Waals surface area (Å²) in [5, 5.41) is 11.0. The lowest BCUT2D eigenvalue weighted by atomic mass is 9.33. The van der Waals surface area contributed by atoms with Crippen LogP contribution in [-0.2, 0) is 9.59 Å². The molecule has 4 heteroatoms. The summed E-state index contributed by atoms with van der Waals surface area (Å²) in [6, 6.07) is 0. The topological polar surface area (TPSA) is 57.6 Å². The van der Waals surface area contributed by atoms with Gasteiger partial charge in [0.15, 0.2) is 5.78 Å². The molecule has 0 spiro atoms. The molecule has 0 amide bonds. The minimum atomic E-state index is -0.535. The summed E-state index contributed by atoms with van der Waals surface area (Å²) in [5.41, 5.74) is 2.31. The van der Waals surface area contributed by atoms with E-state index in [9.17, 15) is 14.7 Å². The number of likely N-dealkylation sites (tertiary alicyclic amines) is 1. The molecule has 1 N–H and O–H groups in total. The average Bonchev–Trinajstić information content (AvgIpc) is 3.53. The number of aliphatic hydroxyl groups excluding tert-OH is 1. The summed E-state index contributed by atoms with van der Waals surface area (Å²) in [6.45, 7) is 20.2. The number of Topliss-reactive ketones (excluding diaryl/α,β-unsaturated/α-hetero) is 2. The van der Waals surface area contributed by atoms with Crippen molar-refractivity contribution >= 4 is 11.6 Å². The van der Waals surface area contributed by atoms with Gasteiger partial charge in [0.05, 0.1) is 11.5 Å². The maximum atomic E-state index is 14.3. The van der Waals surface area contributed by atoms with Crippen molar-refractivity contribution in [2.24, 2.45) is 50.7 Å². The lowest BCUT2D eigenvalue weighted by Gasteiger charge is -2.72. The van der Waals surface area contributed by atoms with Crippen LogP contribution in [0.5, 0.6) is 0 Å². The second-order valence-corrected chi connectivity index (χ2v) is 17.2. The molecule has 0 aromatic rings. The van der Waals surface area contributed by atoms with Crippen LogP contribution in [0.1, 0.15) is 132 Å². The van der Waals surface area contributed by atoms with Crippen LogP contribution in [-0.4, -0.2) is 47.3 Å². The van der Waals surface area contributed by atoms with Gasteiger partial charge in [-0.2, -0.15) is 0 Å². The second kappa shape index (κ2) is 10.0. The molecule has 0 aromatic carbocycles. The van der Waals surface area contributed by atoms with Gasteiger partial charge in [-0.1, -0.05) is 48.5 Å². The number of carbonyl (C=O) groups is 2. The number of rotatable bonds is 6. The standard InChI is InChI=1S/C37H59NO3/c1-24(2)31-26(39)23-37(30(41)11-10-22-38-20-8-9-21-38)19-18-35(6)25(32(31)37)12-13-28-34(5)16-15-29(40)33(3,4)27(34)14-17-36(28,35)7/h24-25,27-29,40H,8-23H2,1-7H3/t25-,27+,28-,29+,34+,35-,36-,37+/m1/s1. The first-order valence-corrected chi connectivity index (χ1v) is 17.4. The molecule has 6 rings (SSSR count). The van der Waals surface area contributed by atoms with Crippen molar-refractivity contribution in [3.05, 3.63) is 11.1 Å². The molecule has 5 aliphatic carbocycles. The van der Waals surface area contributed by atoms with Crippen molar-refractivity contribution in [1.29, 1.82) is 0 Å². The van der Waals surface area contributed by atoms with E-state index in [2.05, 4.69) is 53.4 Å². The molecule has 4 saturated carbocycles. The predicted octanol–water partition coefficient (Wildman–Crippen LogP) is 7.77. The van der Waals surface area contributed by atoms with Crippen LogP contribution in [0.15, 0.2) is 11.1 Å². The Morgan fingerprint density at radius 3 is 2.29 bits per heavy atom. The van der Waals surface area contributed by atoms with Crippen molar-refractivity contribution in [2.75, 3.05) is 19.6 Å². The maximum absolute atomic E-state index is 14.3. The Labute approximate surface area is 250 Å². The van der Waals surface area contributed by atoms with E-state index in [0.29, 0.717) is 36.4 Å². The van der Waals surface area contributed by atoms with E-state index in [4.69, 9.17) is 0 Å². The maximum Gasteiger partial charge on any atom is 0.160 e. The van der Waals surface area contributed by atoms with Crippen LogP contribution in [0.4, 0.5) is 0 Å². The summed E-state index contributed by atoms with van der Waals surface area (Å²) in [6.07, 6.45) is 13.0.